The fourth-order valence-electron chi connectivity index (χ4n) is 1.92. The van der Waals surface area contributed by atoms with Gasteiger partial charge in [0.05, 0.1) is 0 Å². The largest absolute Gasteiger partial charge is 0.368 e. The SMILES string of the molecule is CCNc1nc(Nc2ccccc2CC)c(F)cc1F. The first-order chi connectivity index (χ1) is 9.65. The van der Waals surface area contributed by atoms with Crippen LogP contribution in [0.4, 0.5) is 26.1 Å². The van der Waals surface area contributed by atoms with Gasteiger partial charge in [0, 0.05) is 18.3 Å². The van der Waals surface area contributed by atoms with E-state index in [-0.39, 0.29) is 11.6 Å². The molecule has 2 aromatic rings. The number of hydrogen-bond acceptors (Lipinski definition) is 3. The van der Waals surface area contributed by atoms with Crippen molar-refractivity contribution in [2.45, 2.75) is 20.3 Å². The van der Waals surface area contributed by atoms with Gasteiger partial charge < -0.3 is 10.6 Å². The zero-order chi connectivity index (χ0) is 14.5. The molecule has 0 bridgehead atoms. The summed E-state index contributed by atoms with van der Waals surface area (Å²) >= 11 is 0. The van der Waals surface area contributed by atoms with E-state index < -0.39 is 11.6 Å². The Bertz CT molecular complexity index is 600. The lowest BCUT2D eigenvalue weighted by atomic mass is 10.1. The average molecular weight is 277 g/mol. The number of pyridine rings is 1. The third-order valence-corrected chi connectivity index (χ3v) is 2.93. The molecule has 0 spiro atoms. The summed E-state index contributed by atoms with van der Waals surface area (Å²) in [6, 6.07) is 8.41. The molecule has 0 saturated carbocycles. The molecule has 0 amide bonds. The van der Waals surface area contributed by atoms with E-state index in [1.165, 1.54) is 0 Å². The third kappa shape index (κ3) is 3.04. The van der Waals surface area contributed by atoms with E-state index >= 15 is 0 Å². The third-order valence-electron chi connectivity index (χ3n) is 2.93. The molecular weight excluding hydrogens is 260 g/mol. The fourth-order valence-corrected chi connectivity index (χ4v) is 1.92. The van der Waals surface area contributed by atoms with Crippen LogP contribution in [0.25, 0.3) is 0 Å². The van der Waals surface area contributed by atoms with Crippen LogP contribution in [0.15, 0.2) is 30.3 Å². The monoisotopic (exact) mass is 277 g/mol. The van der Waals surface area contributed by atoms with Crippen molar-refractivity contribution in [3.63, 3.8) is 0 Å². The van der Waals surface area contributed by atoms with Crippen LogP contribution >= 0.6 is 0 Å². The van der Waals surface area contributed by atoms with Gasteiger partial charge in [0.25, 0.3) is 0 Å². The molecule has 0 aliphatic rings. The van der Waals surface area contributed by atoms with E-state index in [0.29, 0.717) is 6.54 Å². The van der Waals surface area contributed by atoms with Gasteiger partial charge in [-0.3, -0.25) is 0 Å². The maximum Gasteiger partial charge on any atom is 0.169 e. The summed E-state index contributed by atoms with van der Waals surface area (Å²) in [5.41, 5.74) is 1.82. The Hall–Kier alpha value is -2.17. The number of benzene rings is 1. The Morgan fingerprint density at radius 1 is 1.05 bits per heavy atom. The van der Waals surface area contributed by atoms with Crippen LogP contribution in [0, 0.1) is 11.6 Å². The van der Waals surface area contributed by atoms with Gasteiger partial charge >= 0.3 is 0 Å². The zero-order valence-corrected chi connectivity index (χ0v) is 11.5. The van der Waals surface area contributed by atoms with E-state index in [9.17, 15) is 8.78 Å². The van der Waals surface area contributed by atoms with E-state index in [1.807, 2.05) is 38.1 Å². The summed E-state index contributed by atoms with van der Waals surface area (Å²) in [5, 5.41) is 5.69. The molecule has 1 aromatic carbocycles. The quantitative estimate of drug-likeness (QED) is 0.864. The second-order valence-electron chi connectivity index (χ2n) is 4.32. The van der Waals surface area contributed by atoms with Crippen molar-refractivity contribution in [3.05, 3.63) is 47.5 Å². The number of nitrogens with one attached hydrogen (secondary N) is 2. The van der Waals surface area contributed by atoms with Gasteiger partial charge in [-0.15, -0.1) is 0 Å². The van der Waals surface area contributed by atoms with Crippen molar-refractivity contribution in [1.29, 1.82) is 0 Å². The number of aromatic nitrogens is 1. The number of hydrogen-bond donors (Lipinski definition) is 2. The highest BCUT2D eigenvalue weighted by Gasteiger charge is 2.12. The van der Waals surface area contributed by atoms with Crippen molar-refractivity contribution in [2.24, 2.45) is 0 Å². The number of halogens is 2. The Labute approximate surface area is 117 Å². The van der Waals surface area contributed by atoms with Crippen molar-refractivity contribution >= 4 is 17.3 Å². The summed E-state index contributed by atoms with van der Waals surface area (Å²) < 4.78 is 27.3. The topological polar surface area (TPSA) is 37.0 Å². The van der Waals surface area contributed by atoms with Crippen LogP contribution < -0.4 is 10.6 Å². The molecule has 0 unspecified atom stereocenters. The Morgan fingerprint density at radius 3 is 2.45 bits per heavy atom. The van der Waals surface area contributed by atoms with Gasteiger partial charge in [-0.25, -0.2) is 13.8 Å². The highest BCUT2D eigenvalue weighted by atomic mass is 19.1. The molecule has 0 aliphatic carbocycles. The lowest BCUT2D eigenvalue weighted by Gasteiger charge is -2.12. The van der Waals surface area contributed by atoms with E-state index in [0.717, 1.165) is 23.7 Å². The van der Waals surface area contributed by atoms with Gasteiger partial charge in [0.2, 0.25) is 0 Å². The second kappa shape index (κ2) is 6.32. The predicted molar refractivity (Wildman–Crippen MR) is 77.4 cm³/mol. The minimum atomic E-state index is -0.713. The minimum Gasteiger partial charge on any atom is -0.368 e. The number of anilines is 3. The Morgan fingerprint density at radius 2 is 1.75 bits per heavy atom. The van der Waals surface area contributed by atoms with Crippen LogP contribution in [0.5, 0.6) is 0 Å². The van der Waals surface area contributed by atoms with Crippen LogP contribution in [0.2, 0.25) is 0 Å². The van der Waals surface area contributed by atoms with Crippen molar-refractivity contribution in [2.75, 3.05) is 17.2 Å². The van der Waals surface area contributed by atoms with E-state index in [1.54, 1.807) is 0 Å². The highest BCUT2D eigenvalue weighted by molar-refractivity contribution is 5.62. The van der Waals surface area contributed by atoms with Crippen molar-refractivity contribution < 1.29 is 8.78 Å². The number of nitrogens with zero attached hydrogens (tertiary/aromatic N) is 1. The molecule has 0 aliphatic heterocycles. The van der Waals surface area contributed by atoms with Crippen LogP contribution in [-0.4, -0.2) is 11.5 Å². The lowest BCUT2D eigenvalue weighted by Crippen LogP contribution is -2.07. The highest BCUT2D eigenvalue weighted by Crippen LogP contribution is 2.24. The fraction of sp³-hybridized carbons (Fsp3) is 0.267. The van der Waals surface area contributed by atoms with Gasteiger partial charge in [-0.05, 0) is 25.0 Å². The van der Waals surface area contributed by atoms with Gasteiger partial charge in [-0.1, -0.05) is 25.1 Å². The van der Waals surface area contributed by atoms with Crippen LogP contribution in [-0.2, 0) is 6.42 Å². The minimum absolute atomic E-state index is 0.0169. The van der Waals surface area contributed by atoms with Crippen LogP contribution in [0.3, 0.4) is 0 Å². The molecule has 1 aromatic heterocycles. The second-order valence-corrected chi connectivity index (χ2v) is 4.32. The molecule has 0 fully saturated rings. The average Bonchev–Trinajstić information content (AvgIpc) is 2.45. The molecule has 0 saturated heterocycles. The molecule has 1 heterocycles. The molecule has 20 heavy (non-hydrogen) atoms. The molecule has 5 heteroatoms. The predicted octanol–water partition coefficient (Wildman–Crippen LogP) is 4.10. The van der Waals surface area contributed by atoms with Gasteiger partial charge in [0.1, 0.15) is 0 Å². The van der Waals surface area contributed by atoms with Gasteiger partial charge in [0.15, 0.2) is 23.3 Å². The molecule has 2 rings (SSSR count). The lowest BCUT2D eigenvalue weighted by molar-refractivity contribution is 0.579. The Kier molecular flexibility index (Phi) is 4.50. The summed E-state index contributed by atoms with van der Waals surface area (Å²) in [5.74, 6) is -1.35. The maximum absolute atomic E-state index is 13.8. The van der Waals surface area contributed by atoms with Crippen LogP contribution in [0.1, 0.15) is 19.4 Å². The van der Waals surface area contributed by atoms with Crippen molar-refractivity contribution in [3.8, 4) is 0 Å². The first-order valence-electron chi connectivity index (χ1n) is 6.60. The number of rotatable bonds is 5. The first kappa shape index (κ1) is 14.2. The first-order valence-corrected chi connectivity index (χ1v) is 6.60. The molecule has 0 atom stereocenters. The summed E-state index contributed by atoms with van der Waals surface area (Å²) in [7, 11) is 0. The zero-order valence-electron chi connectivity index (χ0n) is 11.5. The van der Waals surface area contributed by atoms with Crippen molar-refractivity contribution in [1.82, 2.24) is 4.98 Å². The molecule has 106 valence electrons. The smallest absolute Gasteiger partial charge is 0.169 e. The molecule has 0 radical (unpaired) electrons. The summed E-state index contributed by atoms with van der Waals surface area (Å²) in [6.07, 6.45) is 0.812. The molecule has 3 nitrogen and oxygen atoms in total. The van der Waals surface area contributed by atoms with E-state index in [2.05, 4.69) is 15.6 Å². The van der Waals surface area contributed by atoms with E-state index in [4.69, 9.17) is 0 Å². The van der Waals surface area contributed by atoms with Gasteiger partial charge in [-0.2, -0.15) is 0 Å². The molecule has 2 N–H and O–H groups in total. The standard InChI is InChI=1S/C15H17F2N3/c1-3-10-7-5-6-8-13(10)19-15-12(17)9-11(16)14(20-15)18-4-2/h5-9H,3-4H2,1-2H3,(H2,18,19,20). The summed E-state index contributed by atoms with van der Waals surface area (Å²) in [6.45, 7) is 4.35. The number of aryl methyl sites for hydroxylation is 1. The normalized spacial score (nSPS) is 10.4. The maximum atomic E-state index is 13.8. The summed E-state index contributed by atoms with van der Waals surface area (Å²) in [4.78, 5) is 3.96. The Balaban J connectivity index is 2.35. The number of para-hydroxylation sites is 1. The molecular formula is C15H17F2N3.